The number of rotatable bonds is 9. The molecule has 55 heavy (non-hydrogen) atoms. The predicted octanol–water partition coefficient (Wildman–Crippen LogP) is 14.6. The predicted molar refractivity (Wildman–Crippen MR) is 231 cm³/mol. The Morgan fingerprint density at radius 2 is 0.800 bits per heavy atom. The number of nitrogens with zero attached hydrogens (tertiary/aromatic N) is 4. The molecule has 0 atom stereocenters. The highest BCUT2D eigenvalue weighted by atomic mass is 15.1. The molecule has 0 aliphatic carbocycles. The van der Waals surface area contributed by atoms with Gasteiger partial charge in [0.1, 0.15) is 0 Å². The molecule has 0 aromatic heterocycles. The van der Waals surface area contributed by atoms with Gasteiger partial charge in [0.25, 0.3) is 0 Å². The van der Waals surface area contributed by atoms with E-state index in [2.05, 4.69) is 167 Å². The number of anilines is 6. The van der Waals surface area contributed by atoms with Crippen molar-refractivity contribution in [1.29, 1.82) is 10.5 Å². The molecule has 268 valence electrons. The SMILES string of the molecule is CC(C)c1ccc(N(c2ccc(C#N)cc2)c2ccc3ccc4c(N(c5ccc(C#N)cc5)c5ccc(C(C)C)cc5)cc(C(C)C)c5ccc2c3c54)cc1. The third kappa shape index (κ3) is 6.31. The summed E-state index contributed by atoms with van der Waals surface area (Å²) < 4.78 is 0. The quantitative estimate of drug-likeness (QED) is 0.140. The van der Waals surface area contributed by atoms with E-state index in [0.717, 1.165) is 44.9 Å². The van der Waals surface area contributed by atoms with Gasteiger partial charge in [-0.3, -0.25) is 0 Å². The highest BCUT2D eigenvalue weighted by Crippen LogP contribution is 2.49. The summed E-state index contributed by atoms with van der Waals surface area (Å²) in [5.74, 6) is 1.11. The van der Waals surface area contributed by atoms with Crippen LogP contribution in [0.15, 0.2) is 140 Å². The molecule has 0 radical (unpaired) electrons. The third-order valence-electron chi connectivity index (χ3n) is 11.0. The Bertz CT molecular complexity index is 2730. The first kappa shape index (κ1) is 35.4. The zero-order valence-corrected chi connectivity index (χ0v) is 32.3. The number of nitriles is 2. The van der Waals surface area contributed by atoms with Gasteiger partial charge >= 0.3 is 0 Å². The van der Waals surface area contributed by atoms with E-state index in [-0.39, 0.29) is 5.92 Å². The molecule has 0 bridgehead atoms. The van der Waals surface area contributed by atoms with Gasteiger partial charge in [0, 0.05) is 33.5 Å². The molecule has 0 N–H and O–H groups in total. The van der Waals surface area contributed by atoms with Gasteiger partial charge in [0.05, 0.1) is 34.6 Å². The maximum atomic E-state index is 9.66. The van der Waals surface area contributed by atoms with Crippen molar-refractivity contribution in [3.8, 4) is 12.1 Å². The van der Waals surface area contributed by atoms with E-state index in [1.165, 1.54) is 38.2 Å². The zero-order valence-electron chi connectivity index (χ0n) is 32.3. The summed E-state index contributed by atoms with van der Waals surface area (Å²) in [6.45, 7) is 13.4. The molecule has 0 spiro atoms. The molecule has 4 heteroatoms. The maximum Gasteiger partial charge on any atom is 0.0991 e. The fourth-order valence-electron chi connectivity index (χ4n) is 7.99. The molecule has 8 aromatic rings. The van der Waals surface area contributed by atoms with Crippen molar-refractivity contribution in [2.24, 2.45) is 0 Å². The van der Waals surface area contributed by atoms with Crippen molar-refractivity contribution in [3.63, 3.8) is 0 Å². The van der Waals surface area contributed by atoms with Crippen LogP contribution >= 0.6 is 0 Å². The average Bonchev–Trinajstić information content (AvgIpc) is 3.21. The van der Waals surface area contributed by atoms with Crippen molar-refractivity contribution < 1.29 is 0 Å². The minimum absolute atomic E-state index is 0.267. The first-order valence-electron chi connectivity index (χ1n) is 19.2. The van der Waals surface area contributed by atoms with Crippen LogP contribution in [0.3, 0.4) is 0 Å². The molecule has 0 saturated heterocycles. The van der Waals surface area contributed by atoms with Crippen molar-refractivity contribution in [2.45, 2.75) is 59.3 Å². The smallest absolute Gasteiger partial charge is 0.0991 e. The summed E-state index contributed by atoms with van der Waals surface area (Å²) >= 11 is 0. The second kappa shape index (κ2) is 14.3. The monoisotopic (exact) mass is 712 g/mol. The van der Waals surface area contributed by atoms with E-state index in [1.54, 1.807) is 0 Å². The number of benzene rings is 8. The van der Waals surface area contributed by atoms with E-state index in [4.69, 9.17) is 0 Å². The number of hydrogen-bond donors (Lipinski definition) is 0. The Labute approximate surface area is 324 Å². The molecule has 0 fully saturated rings. The Kier molecular flexibility index (Phi) is 9.22. The van der Waals surface area contributed by atoms with Crippen molar-refractivity contribution in [2.75, 3.05) is 9.80 Å². The van der Waals surface area contributed by atoms with Crippen LogP contribution in [-0.4, -0.2) is 0 Å². The van der Waals surface area contributed by atoms with Crippen molar-refractivity contribution >= 4 is 66.4 Å². The van der Waals surface area contributed by atoms with Crippen LogP contribution in [0.1, 0.15) is 87.1 Å². The minimum atomic E-state index is 0.267. The van der Waals surface area contributed by atoms with Gasteiger partial charge in [0.15, 0.2) is 0 Å². The molecule has 0 saturated carbocycles. The molecular formula is C51H44N4. The summed E-state index contributed by atoms with van der Waals surface area (Å²) in [4.78, 5) is 4.67. The van der Waals surface area contributed by atoms with Crippen LogP contribution in [0.25, 0.3) is 32.3 Å². The molecule has 0 aliphatic rings. The molecule has 0 unspecified atom stereocenters. The summed E-state index contributed by atoms with van der Waals surface area (Å²) in [5, 5.41) is 26.5. The molecule has 0 heterocycles. The molecular weight excluding hydrogens is 669 g/mol. The topological polar surface area (TPSA) is 54.1 Å². The number of hydrogen-bond acceptors (Lipinski definition) is 4. The lowest BCUT2D eigenvalue weighted by atomic mass is 9.86. The van der Waals surface area contributed by atoms with Crippen molar-refractivity contribution in [3.05, 3.63) is 167 Å². The fraction of sp³-hybridized carbons (Fsp3) is 0.176. The van der Waals surface area contributed by atoms with E-state index in [0.29, 0.717) is 23.0 Å². The van der Waals surface area contributed by atoms with Gasteiger partial charge in [-0.1, -0.05) is 96.1 Å². The van der Waals surface area contributed by atoms with Crippen molar-refractivity contribution in [1.82, 2.24) is 0 Å². The van der Waals surface area contributed by atoms with E-state index in [9.17, 15) is 10.5 Å². The van der Waals surface area contributed by atoms with Crippen LogP contribution in [0.4, 0.5) is 34.1 Å². The minimum Gasteiger partial charge on any atom is -0.310 e. The van der Waals surface area contributed by atoms with Crippen LogP contribution in [0.5, 0.6) is 0 Å². The van der Waals surface area contributed by atoms with Crippen LogP contribution < -0.4 is 9.80 Å². The summed E-state index contributed by atoms with van der Waals surface area (Å²) in [6.07, 6.45) is 0. The van der Waals surface area contributed by atoms with Crippen LogP contribution in [0.2, 0.25) is 0 Å². The summed E-state index contributed by atoms with van der Waals surface area (Å²) in [5.41, 5.74) is 11.4. The Balaban J connectivity index is 1.42. The van der Waals surface area contributed by atoms with Gasteiger partial charge in [-0.2, -0.15) is 10.5 Å². The lowest BCUT2D eigenvalue weighted by Gasteiger charge is -2.31. The van der Waals surface area contributed by atoms with Gasteiger partial charge in [-0.15, -0.1) is 0 Å². The summed E-state index contributed by atoms with van der Waals surface area (Å²) in [6, 6.07) is 54.2. The third-order valence-corrected chi connectivity index (χ3v) is 11.0. The fourth-order valence-corrected chi connectivity index (χ4v) is 7.99. The van der Waals surface area contributed by atoms with Crippen LogP contribution in [0, 0.1) is 22.7 Å². The van der Waals surface area contributed by atoms with Gasteiger partial charge in [-0.05, 0) is 141 Å². The highest BCUT2D eigenvalue weighted by Gasteiger charge is 2.24. The Morgan fingerprint density at radius 3 is 1.25 bits per heavy atom. The van der Waals surface area contributed by atoms with E-state index in [1.807, 2.05) is 36.4 Å². The largest absolute Gasteiger partial charge is 0.310 e. The molecule has 0 aliphatic heterocycles. The lowest BCUT2D eigenvalue weighted by Crippen LogP contribution is -2.12. The Hall–Kier alpha value is -6.62. The van der Waals surface area contributed by atoms with E-state index < -0.39 is 0 Å². The van der Waals surface area contributed by atoms with E-state index >= 15 is 0 Å². The van der Waals surface area contributed by atoms with Gasteiger partial charge in [0.2, 0.25) is 0 Å². The second-order valence-corrected chi connectivity index (χ2v) is 15.5. The molecule has 0 amide bonds. The van der Waals surface area contributed by atoms with Gasteiger partial charge < -0.3 is 9.80 Å². The summed E-state index contributed by atoms with van der Waals surface area (Å²) in [7, 11) is 0. The molecule has 8 rings (SSSR count). The zero-order chi connectivity index (χ0) is 38.4. The standard InChI is InChI=1S/C51H44N4/c1-32(2)37-11-21-42(22-12-37)54(40-17-7-35(30-52)8-18-40)48-28-16-39-15-25-46-49(29-47(34(5)6)44-26-27-45(48)50(39)51(44)46)55(41-19-9-36(31-53)10-20-41)43-23-13-38(14-24-43)33(3)4/h7-29,32-34H,1-6H3. The lowest BCUT2D eigenvalue weighted by molar-refractivity contribution is 0.866. The average molecular weight is 713 g/mol. The normalized spacial score (nSPS) is 11.5. The molecule has 4 nitrogen and oxygen atoms in total. The Morgan fingerprint density at radius 1 is 0.400 bits per heavy atom. The first-order valence-corrected chi connectivity index (χ1v) is 19.2. The maximum absolute atomic E-state index is 9.66. The first-order chi connectivity index (χ1) is 26.7. The van der Waals surface area contributed by atoms with Gasteiger partial charge in [-0.25, -0.2) is 0 Å². The molecule has 8 aromatic carbocycles. The highest BCUT2D eigenvalue weighted by molar-refractivity contribution is 6.28. The second-order valence-electron chi connectivity index (χ2n) is 15.5. The van der Waals surface area contributed by atoms with Crippen LogP contribution in [-0.2, 0) is 0 Å².